The van der Waals surface area contributed by atoms with Gasteiger partial charge in [-0.2, -0.15) is 9.97 Å². The van der Waals surface area contributed by atoms with Crippen LogP contribution >= 0.6 is 0 Å². The highest BCUT2D eigenvalue weighted by Crippen LogP contribution is 2.30. The Kier molecular flexibility index (Phi) is 3.89. The van der Waals surface area contributed by atoms with Crippen molar-refractivity contribution in [2.75, 3.05) is 23.4 Å². The van der Waals surface area contributed by atoms with Crippen LogP contribution < -0.4 is 16.4 Å². The van der Waals surface area contributed by atoms with E-state index in [1.165, 1.54) is 32.1 Å². The molecule has 1 heterocycles. The maximum atomic E-state index is 5.71. The molecule has 0 amide bonds. The summed E-state index contributed by atoms with van der Waals surface area (Å²) in [5.74, 6) is 2.42. The summed E-state index contributed by atoms with van der Waals surface area (Å²) >= 11 is 0. The second-order valence-electron chi connectivity index (χ2n) is 5.20. The minimum atomic E-state index is 0.249. The molecular weight excluding hydrogens is 226 g/mol. The lowest BCUT2D eigenvalue weighted by Gasteiger charge is -2.35. The third kappa shape index (κ3) is 2.83. The Morgan fingerprint density at radius 3 is 2.44 bits per heavy atom. The average molecular weight is 249 g/mol. The predicted molar refractivity (Wildman–Crippen MR) is 75.3 cm³/mol. The van der Waals surface area contributed by atoms with Crippen molar-refractivity contribution in [3.05, 3.63) is 6.07 Å². The number of nitrogens with zero attached hydrogens (tertiary/aromatic N) is 3. The van der Waals surface area contributed by atoms with Crippen molar-refractivity contribution in [3.63, 3.8) is 0 Å². The highest BCUT2D eigenvalue weighted by atomic mass is 15.2. The summed E-state index contributed by atoms with van der Waals surface area (Å²) < 4.78 is 0. The van der Waals surface area contributed by atoms with Crippen LogP contribution in [-0.2, 0) is 0 Å². The molecule has 0 aromatic carbocycles. The van der Waals surface area contributed by atoms with Crippen LogP contribution in [0.4, 0.5) is 17.6 Å². The minimum absolute atomic E-state index is 0.249. The predicted octanol–water partition coefficient (Wildman–Crippen LogP) is 2.05. The van der Waals surface area contributed by atoms with Crippen LogP contribution in [0.1, 0.15) is 39.0 Å². The number of nitrogen functional groups attached to an aromatic ring is 2. The quantitative estimate of drug-likeness (QED) is 0.856. The molecule has 1 fully saturated rings. The van der Waals surface area contributed by atoms with Gasteiger partial charge in [0.15, 0.2) is 0 Å². The molecule has 0 atom stereocenters. The van der Waals surface area contributed by atoms with Crippen LogP contribution in [0.25, 0.3) is 0 Å². The van der Waals surface area contributed by atoms with Crippen molar-refractivity contribution in [1.82, 2.24) is 9.97 Å². The molecule has 5 nitrogen and oxygen atoms in total. The van der Waals surface area contributed by atoms with E-state index in [2.05, 4.69) is 28.8 Å². The Balaban J connectivity index is 2.05. The zero-order chi connectivity index (χ0) is 13.1. The third-order valence-electron chi connectivity index (χ3n) is 4.05. The van der Waals surface area contributed by atoms with Crippen molar-refractivity contribution in [3.8, 4) is 0 Å². The molecule has 1 aromatic heterocycles. The van der Waals surface area contributed by atoms with Crippen molar-refractivity contribution >= 4 is 17.6 Å². The lowest BCUT2D eigenvalue weighted by molar-refractivity contribution is 0.313. The lowest BCUT2D eigenvalue weighted by atomic mass is 9.84. The standard InChI is InChI=1S/C13H23N5/c1-3-9-4-6-10(7-5-9)18(2)12-8-11(14)16-13(15)17-12/h8-10H,3-7H2,1-2H3,(H4,14,15,16,17). The van der Waals surface area contributed by atoms with Gasteiger partial charge in [-0.1, -0.05) is 13.3 Å². The normalized spacial score (nSPS) is 23.9. The van der Waals surface area contributed by atoms with E-state index in [-0.39, 0.29) is 5.95 Å². The van der Waals surface area contributed by atoms with Gasteiger partial charge < -0.3 is 16.4 Å². The third-order valence-corrected chi connectivity index (χ3v) is 4.05. The second kappa shape index (κ2) is 5.42. The van der Waals surface area contributed by atoms with Gasteiger partial charge in [0.2, 0.25) is 5.95 Å². The molecule has 1 aliphatic rings. The fraction of sp³-hybridized carbons (Fsp3) is 0.692. The van der Waals surface area contributed by atoms with Gasteiger partial charge in [-0.15, -0.1) is 0 Å². The number of aromatic nitrogens is 2. The SMILES string of the molecule is CCC1CCC(N(C)c2cc(N)nc(N)n2)CC1. The molecule has 0 spiro atoms. The van der Waals surface area contributed by atoms with Gasteiger partial charge in [0.25, 0.3) is 0 Å². The Morgan fingerprint density at radius 2 is 1.89 bits per heavy atom. The molecule has 18 heavy (non-hydrogen) atoms. The monoisotopic (exact) mass is 249 g/mol. The van der Waals surface area contributed by atoms with Gasteiger partial charge in [-0.3, -0.25) is 0 Å². The smallest absolute Gasteiger partial charge is 0.223 e. The van der Waals surface area contributed by atoms with Crippen LogP contribution in [0, 0.1) is 5.92 Å². The first kappa shape index (κ1) is 12.9. The van der Waals surface area contributed by atoms with Crippen LogP contribution in [0.2, 0.25) is 0 Å². The summed E-state index contributed by atoms with van der Waals surface area (Å²) in [5.41, 5.74) is 11.4. The van der Waals surface area contributed by atoms with E-state index in [0.29, 0.717) is 11.9 Å². The Labute approximate surface area is 109 Å². The summed E-state index contributed by atoms with van der Waals surface area (Å²) in [5, 5.41) is 0. The first-order chi connectivity index (χ1) is 8.60. The largest absolute Gasteiger partial charge is 0.383 e. The molecule has 0 unspecified atom stereocenters. The zero-order valence-corrected chi connectivity index (χ0v) is 11.3. The second-order valence-corrected chi connectivity index (χ2v) is 5.20. The van der Waals surface area contributed by atoms with Crippen molar-refractivity contribution < 1.29 is 0 Å². The summed E-state index contributed by atoms with van der Waals surface area (Å²) in [6.07, 6.45) is 6.35. The van der Waals surface area contributed by atoms with Crippen LogP contribution in [0.3, 0.4) is 0 Å². The molecule has 2 rings (SSSR count). The van der Waals surface area contributed by atoms with Gasteiger partial charge >= 0.3 is 0 Å². The van der Waals surface area contributed by atoms with Crippen molar-refractivity contribution in [1.29, 1.82) is 0 Å². The first-order valence-electron chi connectivity index (χ1n) is 6.73. The topological polar surface area (TPSA) is 81.1 Å². The first-order valence-corrected chi connectivity index (χ1v) is 6.73. The van der Waals surface area contributed by atoms with Crippen LogP contribution in [0.5, 0.6) is 0 Å². The molecule has 1 aliphatic carbocycles. The lowest BCUT2D eigenvalue weighted by Crippen LogP contribution is -2.35. The van der Waals surface area contributed by atoms with Gasteiger partial charge in [-0.05, 0) is 31.6 Å². The van der Waals surface area contributed by atoms with E-state index < -0.39 is 0 Å². The zero-order valence-electron chi connectivity index (χ0n) is 11.3. The van der Waals surface area contributed by atoms with Gasteiger partial charge in [0.1, 0.15) is 11.6 Å². The molecule has 100 valence electrons. The van der Waals surface area contributed by atoms with Crippen LogP contribution in [0.15, 0.2) is 6.07 Å². The number of nitrogens with two attached hydrogens (primary N) is 2. The van der Waals surface area contributed by atoms with Gasteiger partial charge in [0.05, 0.1) is 0 Å². The summed E-state index contributed by atoms with van der Waals surface area (Å²) in [7, 11) is 2.07. The Hall–Kier alpha value is -1.52. The van der Waals surface area contributed by atoms with E-state index in [0.717, 1.165) is 11.7 Å². The number of anilines is 3. The highest BCUT2D eigenvalue weighted by Gasteiger charge is 2.24. The molecule has 0 aliphatic heterocycles. The van der Waals surface area contributed by atoms with E-state index >= 15 is 0 Å². The fourth-order valence-electron chi connectivity index (χ4n) is 2.78. The van der Waals surface area contributed by atoms with E-state index in [4.69, 9.17) is 11.5 Å². The highest BCUT2D eigenvalue weighted by molar-refractivity contribution is 5.50. The minimum Gasteiger partial charge on any atom is -0.383 e. The maximum absolute atomic E-state index is 5.71. The fourth-order valence-corrected chi connectivity index (χ4v) is 2.78. The van der Waals surface area contributed by atoms with E-state index in [1.54, 1.807) is 6.07 Å². The van der Waals surface area contributed by atoms with Crippen molar-refractivity contribution in [2.24, 2.45) is 5.92 Å². The molecule has 5 heteroatoms. The summed E-state index contributed by atoms with van der Waals surface area (Å²) in [6, 6.07) is 2.34. The Bertz CT molecular complexity index is 378. The maximum Gasteiger partial charge on any atom is 0.223 e. The molecule has 4 N–H and O–H groups in total. The number of hydrogen-bond donors (Lipinski definition) is 2. The van der Waals surface area contributed by atoms with Gasteiger partial charge in [0, 0.05) is 19.2 Å². The number of hydrogen-bond acceptors (Lipinski definition) is 5. The molecule has 1 saturated carbocycles. The van der Waals surface area contributed by atoms with Crippen molar-refractivity contribution in [2.45, 2.75) is 45.1 Å². The Morgan fingerprint density at radius 1 is 1.22 bits per heavy atom. The molecule has 0 saturated heterocycles. The number of rotatable bonds is 3. The summed E-state index contributed by atoms with van der Waals surface area (Å²) in [4.78, 5) is 10.4. The summed E-state index contributed by atoms with van der Waals surface area (Å²) in [6.45, 7) is 2.28. The molecule has 0 radical (unpaired) electrons. The molecule has 0 bridgehead atoms. The van der Waals surface area contributed by atoms with Gasteiger partial charge in [-0.25, -0.2) is 0 Å². The van der Waals surface area contributed by atoms with E-state index in [9.17, 15) is 0 Å². The van der Waals surface area contributed by atoms with E-state index in [1.807, 2.05) is 0 Å². The molecular formula is C13H23N5. The average Bonchev–Trinajstić information content (AvgIpc) is 2.37. The molecule has 1 aromatic rings. The van der Waals surface area contributed by atoms with Crippen LogP contribution in [-0.4, -0.2) is 23.1 Å².